The molecule has 0 aliphatic rings. The van der Waals surface area contributed by atoms with Gasteiger partial charge >= 0.3 is 0 Å². The van der Waals surface area contributed by atoms with Crippen LogP contribution in [0.25, 0.3) is 0 Å². The average Bonchev–Trinajstić information content (AvgIpc) is 2.47. The Morgan fingerprint density at radius 1 is 0.682 bits per heavy atom. The standard InChI is InChI=1S/C20H41NO/c1-19(2)15-13-11-9-7-5-3-4-6-8-10-12-14-16-20(22)17-18-21/h19H,3-18,21H2,1-2H3. The highest BCUT2D eigenvalue weighted by Crippen LogP contribution is 2.14. The summed E-state index contributed by atoms with van der Waals surface area (Å²) < 4.78 is 0. The van der Waals surface area contributed by atoms with Crippen LogP contribution < -0.4 is 5.73 Å². The highest BCUT2D eigenvalue weighted by atomic mass is 16.1. The fraction of sp³-hybridized carbons (Fsp3) is 0.950. The molecular formula is C20H41NO. The molecule has 2 nitrogen and oxygen atoms in total. The molecular weight excluding hydrogens is 270 g/mol. The van der Waals surface area contributed by atoms with Gasteiger partial charge in [-0.3, -0.25) is 4.79 Å². The fourth-order valence-electron chi connectivity index (χ4n) is 2.93. The number of hydrogen-bond donors (Lipinski definition) is 1. The molecule has 0 spiro atoms. The van der Waals surface area contributed by atoms with Crippen LogP contribution >= 0.6 is 0 Å². The minimum atomic E-state index is 0.343. The molecule has 0 radical (unpaired) electrons. The van der Waals surface area contributed by atoms with Crippen LogP contribution in [0.15, 0.2) is 0 Å². The Kier molecular flexibility index (Phi) is 16.7. The second-order valence-electron chi connectivity index (χ2n) is 7.25. The number of nitrogens with two attached hydrogens (primary N) is 1. The molecule has 0 atom stereocenters. The molecule has 0 aromatic carbocycles. The van der Waals surface area contributed by atoms with Gasteiger partial charge in [0.15, 0.2) is 0 Å². The molecule has 0 saturated carbocycles. The van der Waals surface area contributed by atoms with Gasteiger partial charge in [-0.2, -0.15) is 0 Å². The molecule has 0 aliphatic heterocycles. The van der Waals surface area contributed by atoms with E-state index in [1.807, 2.05) is 0 Å². The number of unbranched alkanes of at least 4 members (excludes halogenated alkanes) is 11. The van der Waals surface area contributed by atoms with Crippen LogP contribution in [0.3, 0.4) is 0 Å². The first kappa shape index (κ1) is 21.6. The van der Waals surface area contributed by atoms with E-state index in [2.05, 4.69) is 13.8 Å². The van der Waals surface area contributed by atoms with E-state index in [0.717, 1.165) is 18.8 Å². The summed E-state index contributed by atoms with van der Waals surface area (Å²) in [7, 11) is 0. The first-order valence-electron chi connectivity index (χ1n) is 9.88. The molecule has 0 rings (SSSR count). The van der Waals surface area contributed by atoms with Gasteiger partial charge in [-0.1, -0.05) is 90.9 Å². The molecule has 2 heteroatoms. The highest BCUT2D eigenvalue weighted by Gasteiger charge is 2.00. The van der Waals surface area contributed by atoms with Crippen LogP contribution in [0.5, 0.6) is 0 Å². The average molecular weight is 312 g/mol. The summed E-state index contributed by atoms with van der Waals surface area (Å²) in [6, 6.07) is 0. The van der Waals surface area contributed by atoms with Gasteiger partial charge < -0.3 is 5.73 Å². The minimum absolute atomic E-state index is 0.343. The van der Waals surface area contributed by atoms with Crippen LogP contribution in [-0.4, -0.2) is 12.3 Å². The van der Waals surface area contributed by atoms with Crippen molar-refractivity contribution in [2.75, 3.05) is 6.54 Å². The lowest BCUT2D eigenvalue weighted by Crippen LogP contribution is -2.07. The van der Waals surface area contributed by atoms with E-state index < -0.39 is 0 Å². The maximum absolute atomic E-state index is 11.3. The number of carbonyl (C=O) groups is 1. The summed E-state index contributed by atoms with van der Waals surface area (Å²) >= 11 is 0. The largest absolute Gasteiger partial charge is 0.330 e. The van der Waals surface area contributed by atoms with E-state index in [-0.39, 0.29) is 0 Å². The van der Waals surface area contributed by atoms with Crippen LogP contribution in [0, 0.1) is 5.92 Å². The van der Waals surface area contributed by atoms with E-state index in [4.69, 9.17) is 5.73 Å². The molecule has 22 heavy (non-hydrogen) atoms. The molecule has 0 bridgehead atoms. The first-order valence-corrected chi connectivity index (χ1v) is 9.88. The number of ketones is 1. The zero-order valence-corrected chi connectivity index (χ0v) is 15.4. The highest BCUT2D eigenvalue weighted by molar-refractivity contribution is 5.78. The van der Waals surface area contributed by atoms with E-state index >= 15 is 0 Å². The molecule has 0 amide bonds. The second kappa shape index (κ2) is 17.0. The van der Waals surface area contributed by atoms with Crippen LogP contribution in [0.4, 0.5) is 0 Å². The summed E-state index contributed by atoms with van der Waals surface area (Å²) in [6.45, 7) is 5.15. The second-order valence-corrected chi connectivity index (χ2v) is 7.25. The van der Waals surface area contributed by atoms with E-state index in [0.29, 0.717) is 18.7 Å². The third-order valence-electron chi connectivity index (χ3n) is 4.41. The van der Waals surface area contributed by atoms with Gasteiger partial charge in [-0.05, 0) is 18.9 Å². The van der Waals surface area contributed by atoms with Crippen molar-refractivity contribution in [3.05, 3.63) is 0 Å². The van der Waals surface area contributed by atoms with Crippen molar-refractivity contribution in [1.29, 1.82) is 0 Å². The van der Waals surface area contributed by atoms with E-state index in [1.54, 1.807) is 0 Å². The van der Waals surface area contributed by atoms with Gasteiger partial charge in [-0.15, -0.1) is 0 Å². The van der Waals surface area contributed by atoms with Gasteiger partial charge in [0, 0.05) is 12.8 Å². The van der Waals surface area contributed by atoms with Crippen LogP contribution in [-0.2, 0) is 4.79 Å². The van der Waals surface area contributed by atoms with Crippen molar-refractivity contribution in [3.63, 3.8) is 0 Å². The third-order valence-corrected chi connectivity index (χ3v) is 4.41. The fourth-order valence-corrected chi connectivity index (χ4v) is 2.93. The van der Waals surface area contributed by atoms with Gasteiger partial charge in [0.1, 0.15) is 5.78 Å². The summed E-state index contributed by atoms with van der Waals surface area (Å²) in [6.07, 6.45) is 19.0. The lowest BCUT2D eigenvalue weighted by Gasteiger charge is -2.05. The predicted octanol–water partition coefficient (Wildman–Crippen LogP) is 6.02. The normalized spacial score (nSPS) is 11.3. The number of carbonyl (C=O) groups excluding carboxylic acids is 1. The van der Waals surface area contributed by atoms with Crippen molar-refractivity contribution < 1.29 is 4.79 Å². The van der Waals surface area contributed by atoms with Crippen molar-refractivity contribution >= 4 is 5.78 Å². The molecule has 0 fully saturated rings. The number of Topliss-reactive ketones (excluding diaryl/α,β-unsaturated/α-hetero) is 1. The predicted molar refractivity (Wildman–Crippen MR) is 98.2 cm³/mol. The zero-order valence-electron chi connectivity index (χ0n) is 15.4. The topological polar surface area (TPSA) is 43.1 Å². The first-order chi connectivity index (χ1) is 10.7. The Morgan fingerprint density at radius 3 is 1.50 bits per heavy atom. The molecule has 0 saturated heterocycles. The maximum atomic E-state index is 11.3. The Bertz CT molecular complexity index is 238. The van der Waals surface area contributed by atoms with Crippen LogP contribution in [0.2, 0.25) is 0 Å². The van der Waals surface area contributed by atoms with Crippen LogP contribution in [0.1, 0.15) is 110 Å². The van der Waals surface area contributed by atoms with Crippen molar-refractivity contribution in [2.24, 2.45) is 11.7 Å². The van der Waals surface area contributed by atoms with Crippen molar-refractivity contribution in [1.82, 2.24) is 0 Å². The third kappa shape index (κ3) is 17.7. The lowest BCUT2D eigenvalue weighted by atomic mass is 10.0. The summed E-state index contributed by atoms with van der Waals surface area (Å²) in [5.74, 6) is 1.22. The van der Waals surface area contributed by atoms with Gasteiger partial charge in [-0.25, -0.2) is 0 Å². The molecule has 2 N–H and O–H groups in total. The number of hydrogen-bond acceptors (Lipinski definition) is 2. The van der Waals surface area contributed by atoms with E-state index in [1.165, 1.54) is 77.0 Å². The zero-order chi connectivity index (χ0) is 16.5. The number of rotatable bonds is 17. The van der Waals surface area contributed by atoms with Gasteiger partial charge in [0.2, 0.25) is 0 Å². The summed E-state index contributed by atoms with van der Waals surface area (Å²) in [5, 5.41) is 0. The van der Waals surface area contributed by atoms with Crippen molar-refractivity contribution in [2.45, 2.75) is 110 Å². The monoisotopic (exact) mass is 311 g/mol. The van der Waals surface area contributed by atoms with Crippen molar-refractivity contribution in [3.8, 4) is 0 Å². The smallest absolute Gasteiger partial charge is 0.134 e. The van der Waals surface area contributed by atoms with E-state index in [9.17, 15) is 4.79 Å². The Labute approximate surface area is 139 Å². The lowest BCUT2D eigenvalue weighted by molar-refractivity contribution is -0.119. The molecule has 0 aromatic heterocycles. The Hall–Kier alpha value is -0.370. The quantitative estimate of drug-likeness (QED) is 0.334. The molecule has 0 aliphatic carbocycles. The summed E-state index contributed by atoms with van der Waals surface area (Å²) in [4.78, 5) is 11.3. The minimum Gasteiger partial charge on any atom is -0.330 e. The molecule has 0 unspecified atom stereocenters. The SMILES string of the molecule is CC(C)CCCCCCCCCCCCCCC(=O)CCN. The Morgan fingerprint density at radius 2 is 1.09 bits per heavy atom. The molecule has 0 aromatic rings. The van der Waals surface area contributed by atoms with Gasteiger partial charge in [0.25, 0.3) is 0 Å². The Balaban J connectivity index is 3.04. The summed E-state index contributed by atoms with van der Waals surface area (Å²) in [5.41, 5.74) is 5.36. The maximum Gasteiger partial charge on any atom is 0.134 e. The molecule has 0 heterocycles. The van der Waals surface area contributed by atoms with Gasteiger partial charge in [0.05, 0.1) is 0 Å². The molecule has 132 valence electrons.